The SMILES string of the molecule is O=C(c1ccc2nccn2n1)N1CCN(c2ccccn2)CC1. The first-order chi connectivity index (χ1) is 11.3. The molecule has 7 nitrogen and oxygen atoms in total. The van der Waals surface area contributed by atoms with Crippen LogP contribution in [0.2, 0.25) is 0 Å². The van der Waals surface area contributed by atoms with Gasteiger partial charge < -0.3 is 9.80 Å². The molecule has 0 aromatic carbocycles. The number of hydrogen-bond acceptors (Lipinski definition) is 5. The third-order valence-electron chi connectivity index (χ3n) is 4.01. The molecule has 0 bridgehead atoms. The Morgan fingerprint density at radius 1 is 0.957 bits per heavy atom. The van der Waals surface area contributed by atoms with Crippen molar-refractivity contribution in [2.75, 3.05) is 31.1 Å². The summed E-state index contributed by atoms with van der Waals surface area (Å²) in [6.45, 7) is 2.88. The molecule has 0 spiro atoms. The minimum atomic E-state index is -0.0405. The third kappa shape index (κ3) is 2.61. The molecule has 0 unspecified atom stereocenters. The molecule has 116 valence electrons. The van der Waals surface area contributed by atoms with Crippen molar-refractivity contribution in [3.8, 4) is 0 Å². The highest BCUT2D eigenvalue weighted by Gasteiger charge is 2.23. The zero-order valence-corrected chi connectivity index (χ0v) is 12.5. The summed E-state index contributed by atoms with van der Waals surface area (Å²) in [5, 5.41) is 4.32. The van der Waals surface area contributed by atoms with Gasteiger partial charge in [-0.1, -0.05) is 6.07 Å². The van der Waals surface area contributed by atoms with E-state index in [2.05, 4.69) is 20.0 Å². The third-order valence-corrected chi connectivity index (χ3v) is 4.01. The van der Waals surface area contributed by atoms with E-state index in [4.69, 9.17) is 0 Å². The van der Waals surface area contributed by atoms with E-state index in [1.54, 1.807) is 29.2 Å². The lowest BCUT2D eigenvalue weighted by atomic mass is 10.2. The zero-order chi connectivity index (χ0) is 15.6. The van der Waals surface area contributed by atoms with Crippen LogP contribution in [0.4, 0.5) is 5.82 Å². The van der Waals surface area contributed by atoms with Crippen molar-refractivity contribution in [1.82, 2.24) is 24.5 Å². The van der Waals surface area contributed by atoms with Gasteiger partial charge in [0.2, 0.25) is 0 Å². The fourth-order valence-corrected chi connectivity index (χ4v) is 2.77. The highest BCUT2D eigenvalue weighted by atomic mass is 16.2. The molecule has 0 saturated carbocycles. The smallest absolute Gasteiger partial charge is 0.274 e. The fraction of sp³-hybridized carbons (Fsp3) is 0.250. The van der Waals surface area contributed by atoms with Gasteiger partial charge in [-0.05, 0) is 24.3 Å². The minimum Gasteiger partial charge on any atom is -0.353 e. The van der Waals surface area contributed by atoms with E-state index in [1.165, 1.54) is 0 Å². The zero-order valence-electron chi connectivity index (χ0n) is 12.5. The Morgan fingerprint density at radius 3 is 2.61 bits per heavy atom. The normalized spacial score (nSPS) is 15.1. The largest absolute Gasteiger partial charge is 0.353 e. The van der Waals surface area contributed by atoms with Crippen LogP contribution in [0.1, 0.15) is 10.5 Å². The van der Waals surface area contributed by atoms with E-state index in [0.717, 1.165) is 24.6 Å². The number of amides is 1. The molecule has 0 atom stereocenters. The highest BCUT2D eigenvalue weighted by molar-refractivity contribution is 5.92. The first-order valence-electron chi connectivity index (χ1n) is 7.57. The molecule has 4 rings (SSSR count). The molecule has 1 aliphatic rings. The average molecular weight is 308 g/mol. The first-order valence-corrected chi connectivity index (χ1v) is 7.57. The number of nitrogens with zero attached hydrogens (tertiary/aromatic N) is 6. The van der Waals surface area contributed by atoms with Crippen LogP contribution < -0.4 is 4.90 Å². The number of imidazole rings is 1. The van der Waals surface area contributed by atoms with Crippen LogP contribution in [0.3, 0.4) is 0 Å². The van der Waals surface area contributed by atoms with E-state index in [0.29, 0.717) is 18.8 Å². The molecule has 7 heteroatoms. The van der Waals surface area contributed by atoms with Crippen molar-refractivity contribution in [2.24, 2.45) is 0 Å². The minimum absolute atomic E-state index is 0.0405. The lowest BCUT2D eigenvalue weighted by molar-refractivity contribution is 0.0739. The van der Waals surface area contributed by atoms with Gasteiger partial charge in [-0.15, -0.1) is 0 Å². The number of anilines is 1. The number of aromatic nitrogens is 4. The molecule has 1 aliphatic heterocycles. The number of pyridine rings is 1. The molecule has 4 heterocycles. The summed E-state index contributed by atoms with van der Waals surface area (Å²) in [5.74, 6) is 0.916. The topological polar surface area (TPSA) is 66.6 Å². The Balaban J connectivity index is 1.46. The van der Waals surface area contributed by atoms with Gasteiger partial charge in [-0.3, -0.25) is 4.79 Å². The van der Waals surface area contributed by atoms with Crippen LogP contribution in [0.5, 0.6) is 0 Å². The van der Waals surface area contributed by atoms with Gasteiger partial charge >= 0.3 is 0 Å². The molecule has 1 fully saturated rings. The summed E-state index contributed by atoms with van der Waals surface area (Å²) in [4.78, 5) is 25.1. The van der Waals surface area contributed by atoms with E-state index in [1.807, 2.05) is 29.2 Å². The molecule has 0 N–H and O–H groups in total. The predicted octanol–water partition coefficient (Wildman–Crippen LogP) is 1.09. The van der Waals surface area contributed by atoms with Gasteiger partial charge in [0.1, 0.15) is 11.5 Å². The standard InChI is InChI=1S/C16H16N6O/c23-16(13-4-5-15-18-7-8-22(15)19-13)21-11-9-20(10-12-21)14-3-1-2-6-17-14/h1-8H,9-12H2. The fourth-order valence-electron chi connectivity index (χ4n) is 2.77. The second-order valence-corrected chi connectivity index (χ2v) is 5.42. The summed E-state index contributed by atoms with van der Waals surface area (Å²) in [6.07, 6.45) is 5.20. The molecular weight excluding hydrogens is 292 g/mol. The summed E-state index contributed by atoms with van der Waals surface area (Å²) < 4.78 is 1.62. The number of fused-ring (bicyclic) bond motifs is 1. The summed E-state index contributed by atoms with van der Waals surface area (Å²) >= 11 is 0. The lowest BCUT2D eigenvalue weighted by Crippen LogP contribution is -2.49. The number of piperazine rings is 1. The first kappa shape index (κ1) is 13.7. The van der Waals surface area contributed by atoms with Crippen molar-refractivity contribution in [1.29, 1.82) is 0 Å². The van der Waals surface area contributed by atoms with Gasteiger partial charge in [-0.2, -0.15) is 5.10 Å². The van der Waals surface area contributed by atoms with E-state index >= 15 is 0 Å². The Kier molecular flexibility index (Phi) is 3.38. The van der Waals surface area contributed by atoms with Gasteiger partial charge in [0, 0.05) is 44.8 Å². The maximum Gasteiger partial charge on any atom is 0.274 e. The lowest BCUT2D eigenvalue weighted by Gasteiger charge is -2.35. The molecule has 0 aliphatic carbocycles. The monoisotopic (exact) mass is 308 g/mol. The van der Waals surface area contributed by atoms with E-state index in [9.17, 15) is 4.79 Å². The number of carbonyl (C=O) groups excluding carboxylic acids is 1. The van der Waals surface area contributed by atoms with E-state index < -0.39 is 0 Å². The Hall–Kier alpha value is -2.96. The molecule has 3 aromatic rings. The van der Waals surface area contributed by atoms with Crippen LogP contribution in [0, 0.1) is 0 Å². The number of hydrogen-bond donors (Lipinski definition) is 0. The number of rotatable bonds is 2. The van der Waals surface area contributed by atoms with Gasteiger partial charge in [-0.25, -0.2) is 14.5 Å². The Labute approximate surface area is 133 Å². The predicted molar refractivity (Wildman–Crippen MR) is 85.3 cm³/mol. The van der Waals surface area contributed by atoms with Crippen LogP contribution in [-0.4, -0.2) is 56.6 Å². The van der Waals surface area contributed by atoms with Gasteiger partial charge in [0.25, 0.3) is 5.91 Å². The Morgan fingerprint density at radius 2 is 1.83 bits per heavy atom. The molecule has 1 amide bonds. The van der Waals surface area contributed by atoms with Crippen molar-refractivity contribution < 1.29 is 4.79 Å². The summed E-state index contributed by atoms with van der Waals surface area (Å²) in [7, 11) is 0. The van der Waals surface area contributed by atoms with Gasteiger partial charge in [0.15, 0.2) is 5.65 Å². The second kappa shape index (κ2) is 5.68. The maximum absolute atomic E-state index is 12.6. The van der Waals surface area contributed by atoms with Crippen LogP contribution in [0.15, 0.2) is 48.9 Å². The summed E-state index contributed by atoms with van der Waals surface area (Å²) in [5.41, 5.74) is 1.18. The van der Waals surface area contributed by atoms with Crippen molar-refractivity contribution >= 4 is 17.4 Å². The highest BCUT2D eigenvalue weighted by Crippen LogP contribution is 2.14. The summed E-state index contributed by atoms with van der Waals surface area (Å²) in [6, 6.07) is 9.41. The van der Waals surface area contributed by atoms with Crippen LogP contribution in [-0.2, 0) is 0 Å². The molecule has 1 saturated heterocycles. The van der Waals surface area contributed by atoms with Crippen LogP contribution >= 0.6 is 0 Å². The molecule has 3 aromatic heterocycles. The molecule has 0 radical (unpaired) electrons. The van der Waals surface area contributed by atoms with Gasteiger partial charge in [0.05, 0.1) is 0 Å². The van der Waals surface area contributed by atoms with Crippen molar-refractivity contribution in [3.63, 3.8) is 0 Å². The maximum atomic E-state index is 12.6. The molecule has 23 heavy (non-hydrogen) atoms. The Bertz CT molecular complexity index is 823. The average Bonchev–Trinajstić information content (AvgIpc) is 3.10. The quantitative estimate of drug-likeness (QED) is 0.709. The second-order valence-electron chi connectivity index (χ2n) is 5.42. The number of carbonyl (C=O) groups is 1. The molecular formula is C16H16N6O. The van der Waals surface area contributed by atoms with Crippen molar-refractivity contribution in [3.05, 3.63) is 54.6 Å². The van der Waals surface area contributed by atoms with Crippen LogP contribution in [0.25, 0.3) is 5.65 Å². The van der Waals surface area contributed by atoms with Crippen molar-refractivity contribution in [2.45, 2.75) is 0 Å². The van der Waals surface area contributed by atoms with E-state index in [-0.39, 0.29) is 5.91 Å².